The van der Waals surface area contributed by atoms with Crippen molar-refractivity contribution >= 4 is 46.3 Å². The van der Waals surface area contributed by atoms with Gasteiger partial charge in [-0.1, -0.05) is 67.6 Å². The molecule has 0 saturated carbocycles. The molecule has 1 N–H and O–H groups in total. The van der Waals surface area contributed by atoms with Crippen LogP contribution < -0.4 is 4.65 Å². The van der Waals surface area contributed by atoms with E-state index in [2.05, 4.69) is 44.4 Å². The Kier molecular flexibility index (Phi) is 17.3. The van der Waals surface area contributed by atoms with Gasteiger partial charge in [0, 0.05) is 43.8 Å². The number of hydrogen-bond donors (Lipinski definition) is 1. The molecule has 0 saturated heterocycles. The van der Waals surface area contributed by atoms with Crippen LogP contribution in [0.1, 0.15) is 62.1 Å². The fourth-order valence-corrected chi connectivity index (χ4v) is 7.31. The molecule has 4 aromatic carbocycles. The quantitative estimate of drug-likeness (QED) is 0.0715. The van der Waals surface area contributed by atoms with Crippen LogP contribution in [0.4, 0.5) is 26.3 Å². The molecule has 4 nitrogen and oxygen atoms in total. The molecular formula is C40H37BBrF6N2O2S2. The lowest BCUT2D eigenvalue weighted by atomic mass is 10.0. The van der Waals surface area contributed by atoms with Crippen LogP contribution in [-0.2, 0) is 12.8 Å². The van der Waals surface area contributed by atoms with Crippen LogP contribution in [0.5, 0.6) is 5.75 Å². The van der Waals surface area contributed by atoms with E-state index in [1.807, 2.05) is 12.3 Å². The second-order valence-electron chi connectivity index (χ2n) is 11.9. The van der Waals surface area contributed by atoms with Gasteiger partial charge in [-0.2, -0.15) is 0 Å². The van der Waals surface area contributed by atoms with Crippen molar-refractivity contribution in [3.63, 3.8) is 0 Å². The molecule has 54 heavy (non-hydrogen) atoms. The molecule has 0 aliphatic rings. The fraction of sp³-hybridized carbons (Fsp3) is 0.250. The molecule has 283 valence electrons. The smallest absolute Gasteiger partial charge is 0.537 e. The minimum Gasteiger partial charge on any atom is -0.537 e. The number of benzene rings is 4. The summed E-state index contributed by atoms with van der Waals surface area (Å²) in [5.74, 6) is -4.42. The van der Waals surface area contributed by atoms with Crippen LogP contribution in [0, 0.1) is 34.9 Å². The summed E-state index contributed by atoms with van der Waals surface area (Å²) in [6.45, 7) is 4.34. The monoisotopic (exact) mass is 845 g/mol. The van der Waals surface area contributed by atoms with Crippen molar-refractivity contribution in [3.8, 4) is 38.0 Å². The Balaban J connectivity index is 0.000000195. The number of halogens is 7. The van der Waals surface area contributed by atoms with Gasteiger partial charge in [0.2, 0.25) is 0 Å². The molecule has 0 aliphatic heterocycles. The van der Waals surface area contributed by atoms with E-state index in [-0.39, 0.29) is 11.6 Å². The van der Waals surface area contributed by atoms with E-state index in [9.17, 15) is 26.3 Å². The van der Waals surface area contributed by atoms with Gasteiger partial charge in [-0.15, -0.1) is 22.7 Å². The number of unbranched alkanes of at least 4 members (excludes halogenated alkanes) is 4. The summed E-state index contributed by atoms with van der Waals surface area (Å²) in [5, 5.41) is 9.53. The minimum atomic E-state index is -1.01. The lowest BCUT2D eigenvalue weighted by molar-refractivity contribution is 0.445. The first-order chi connectivity index (χ1) is 26.0. The molecule has 6 aromatic rings. The maximum atomic E-state index is 14.5. The molecule has 0 spiro atoms. The SMILES string of the molecule is CCCCCc1cnc(-c2ccc(-c3ccc(F)c(F)c3)cc2F)s1.CCCCCc1cnc(-c2ccc(Br)cc2F)s1.O[B]Oc1ccc(F)c(F)c1. The van der Waals surface area contributed by atoms with Gasteiger partial charge in [0.15, 0.2) is 23.3 Å². The molecule has 14 heteroatoms. The predicted octanol–water partition coefficient (Wildman–Crippen LogP) is 12.9. The van der Waals surface area contributed by atoms with Crippen LogP contribution in [0.2, 0.25) is 0 Å². The van der Waals surface area contributed by atoms with E-state index in [0.717, 1.165) is 64.3 Å². The maximum absolute atomic E-state index is 14.5. The highest BCUT2D eigenvalue weighted by molar-refractivity contribution is 9.10. The van der Waals surface area contributed by atoms with E-state index in [1.54, 1.807) is 35.7 Å². The summed E-state index contributed by atoms with van der Waals surface area (Å²) in [5.41, 5.74) is 1.95. The molecule has 0 aliphatic carbocycles. The van der Waals surface area contributed by atoms with Crippen molar-refractivity contribution in [3.05, 3.63) is 134 Å². The van der Waals surface area contributed by atoms with E-state index < -0.39 is 29.1 Å². The molecule has 0 fully saturated rings. The Labute approximate surface area is 328 Å². The Bertz CT molecular complexity index is 2100. The third kappa shape index (κ3) is 12.8. The number of thiazole rings is 2. The lowest BCUT2D eigenvalue weighted by Gasteiger charge is -2.05. The predicted molar refractivity (Wildman–Crippen MR) is 209 cm³/mol. The first-order valence-corrected chi connectivity index (χ1v) is 19.6. The Morgan fingerprint density at radius 1 is 0.593 bits per heavy atom. The largest absolute Gasteiger partial charge is 0.569 e. The molecule has 0 unspecified atom stereocenters. The van der Waals surface area contributed by atoms with Crippen molar-refractivity contribution in [2.24, 2.45) is 0 Å². The summed E-state index contributed by atoms with van der Waals surface area (Å²) in [6, 6.07) is 16.3. The highest BCUT2D eigenvalue weighted by Crippen LogP contribution is 2.32. The van der Waals surface area contributed by atoms with Gasteiger partial charge in [0.1, 0.15) is 27.4 Å². The van der Waals surface area contributed by atoms with Gasteiger partial charge >= 0.3 is 7.69 Å². The average Bonchev–Trinajstić information content (AvgIpc) is 3.82. The van der Waals surface area contributed by atoms with Gasteiger partial charge < -0.3 is 9.68 Å². The molecular weight excluding hydrogens is 809 g/mol. The van der Waals surface area contributed by atoms with Crippen molar-refractivity contribution in [1.29, 1.82) is 0 Å². The second-order valence-corrected chi connectivity index (χ2v) is 15.1. The maximum Gasteiger partial charge on any atom is 0.569 e. The summed E-state index contributed by atoms with van der Waals surface area (Å²) in [6.07, 6.45) is 12.7. The van der Waals surface area contributed by atoms with E-state index in [1.165, 1.54) is 66.2 Å². The molecule has 6 rings (SSSR count). The van der Waals surface area contributed by atoms with Crippen molar-refractivity contribution in [1.82, 2.24) is 9.97 Å². The number of rotatable bonds is 13. The molecule has 0 atom stereocenters. The first kappa shape index (κ1) is 42.8. The van der Waals surface area contributed by atoms with Crippen LogP contribution in [0.15, 0.2) is 89.7 Å². The second kappa shape index (κ2) is 21.8. The minimum absolute atomic E-state index is 0.0476. The fourth-order valence-electron chi connectivity index (χ4n) is 5.01. The molecule has 0 bridgehead atoms. The van der Waals surface area contributed by atoms with Crippen molar-refractivity contribution in [2.45, 2.75) is 65.2 Å². The van der Waals surface area contributed by atoms with E-state index in [0.29, 0.717) is 34.9 Å². The summed E-state index contributed by atoms with van der Waals surface area (Å²) in [7, 11) is 0.396. The third-order valence-electron chi connectivity index (χ3n) is 7.85. The molecule has 1 radical (unpaired) electrons. The standard InChI is InChI=1S/C20H18F3NS.C14H15BrFNS.C6H4BF2O2/c1-2-3-4-5-15-12-24-20(25-15)16-8-6-13(10-18(16)22)14-7-9-17(21)19(23)11-14;1-2-3-4-5-11-9-17-14(18-11)12-7-6-10(15)8-13(12)16;8-5-2-1-4(11-7-10)3-6(5)9/h6-12H,2-5H2,1H3;6-9H,2-5H2,1H3;1-3,10H. The van der Waals surface area contributed by atoms with Crippen LogP contribution in [-0.4, -0.2) is 22.7 Å². The average molecular weight is 847 g/mol. The summed E-state index contributed by atoms with van der Waals surface area (Å²) >= 11 is 6.35. The number of aryl methyl sites for hydroxylation is 2. The third-order valence-corrected chi connectivity index (χ3v) is 10.5. The number of hydrogen-bond acceptors (Lipinski definition) is 6. The highest BCUT2D eigenvalue weighted by atomic mass is 79.9. The molecule has 0 amide bonds. The topological polar surface area (TPSA) is 55.2 Å². The van der Waals surface area contributed by atoms with E-state index in [4.69, 9.17) is 5.02 Å². The van der Waals surface area contributed by atoms with Crippen LogP contribution >= 0.6 is 38.6 Å². The zero-order valence-electron chi connectivity index (χ0n) is 29.5. The molecule has 2 aromatic heterocycles. The summed E-state index contributed by atoms with van der Waals surface area (Å²) < 4.78 is 84.4. The number of aromatic nitrogens is 2. The van der Waals surface area contributed by atoms with Gasteiger partial charge in [-0.05, 0) is 91.4 Å². The molecule has 2 heterocycles. The van der Waals surface area contributed by atoms with Crippen molar-refractivity contribution in [2.75, 3.05) is 0 Å². The van der Waals surface area contributed by atoms with Gasteiger partial charge in [-0.3, -0.25) is 0 Å². The van der Waals surface area contributed by atoms with Gasteiger partial charge in [-0.25, -0.2) is 36.3 Å². The zero-order valence-corrected chi connectivity index (χ0v) is 32.7. The van der Waals surface area contributed by atoms with Crippen LogP contribution in [0.25, 0.3) is 32.3 Å². The first-order valence-electron chi connectivity index (χ1n) is 17.2. The normalized spacial score (nSPS) is 10.6. The van der Waals surface area contributed by atoms with Gasteiger partial charge in [0.05, 0.1) is 0 Å². The Morgan fingerprint density at radius 3 is 1.56 bits per heavy atom. The summed E-state index contributed by atoms with van der Waals surface area (Å²) in [4.78, 5) is 11.0. The van der Waals surface area contributed by atoms with Crippen LogP contribution in [0.3, 0.4) is 0 Å². The number of nitrogens with zero attached hydrogens (tertiary/aromatic N) is 2. The van der Waals surface area contributed by atoms with E-state index >= 15 is 0 Å². The van der Waals surface area contributed by atoms with Gasteiger partial charge in [0.25, 0.3) is 0 Å². The Morgan fingerprint density at radius 2 is 1.07 bits per heavy atom. The lowest BCUT2D eigenvalue weighted by Crippen LogP contribution is -2.00. The van der Waals surface area contributed by atoms with Crippen molar-refractivity contribution < 1.29 is 36.0 Å². The Hall–Kier alpha value is -3.98. The zero-order chi connectivity index (χ0) is 39.0. The highest BCUT2D eigenvalue weighted by Gasteiger charge is 2.13.